The zero-order chi connectivity index (χ0) is 25.2. The molecule has 1 saturated carbocycles. The SMILES string of the molecule is CCC1(O)CCC(C#N)(c2ccc(CC(=O)c3cnn(-c4ccc(C(C)C)cc4)c3C)cn2)CC1. The van der Waals surface area contributed by atoms with Crippen molar-refractivity contribution >= 4 is 5.78 Å². The first-order chi connectivity index (χ1) is 16.7. The van der Waals surface area contributed by atoms with Gasteiger partial charge in [-0.15, -0.1) is 0 Å². The maximum absolute atomic E-state index is 13.1. The largest absolute Gasteiger partial charge is 0.390 e. The van der Waals surface area contributed by atoms with Gasteiger partial charge in [-0.3, -0.25) is 9.78 Å². The van der Waals surface area contributed by atoms with Crippen LogP contribution in [0.4, 0.5) is 0 Å². The predicted molar refractivity (Wildman–Crippen MR) is 136 cm³/mol. The fourth-order valence-electron chi connectivity index (χ4n) is 4.96. The first-order valence-corrected chi connectivity index (χ1v) is 12.5. The Labute approximate surface area is 207 Å². The number of benzene rings is 1. The van der Waals surface area contributed by atoms with Crippen LogP contribution in [-0.2, 0) is 11.8 Å². The number of pyridine rings is 1. The van der Waals surface area contributed by atoms with Crippen LogP contribution in [0.15, 0.2) is 48.8 Å². The van der Waals surface area contributed by atoms with Crippen molar-refractivity contribution in [2.45, 2.75) is 83.2 Å². The normalized spacial score (nSPS) is 22.2. The molecule has 1 aliphatic rings. The van der Waals surface area contributed by atoms with Gasteiger partial charge in [0.25, 0.3) is 0 Å². The van der Waals surface area contributed by atoms with Crippen molar-refractivity contribution in [2.24, 2.45) is 0 Å². The Morgan fingerprint density at radius 2 is 1.80 bits per heavy atom. The third-order valence-electron chi connectivity index (χ3n) is 7.70. The Balaban J connectivity index is 1.47. The van der Waals surface area contributed by atoms with Crippen molar-refractivity contribution in [3.8, 4) is 11.8 Å². The molecule has 6 heteroatoms. The Bertz CT molecular complexity index is 1230. The summed E-state index contributed by atoms with van der Waals surface area (Å²) in [6.07, 6.45) is 6.65. The molecule has 0 aliphatic heterocycles. The van der Waals surface area contributed by atoms with E-state index < -0.39 is 11.0 Å². The van der Waals surface area contributed by atoms with Crippen LogP contribution in [0.1, 0.15) is 91.7 Å². The second-order valence-electron chi connectivity index (χ2n) is 10.2. The molecule has 182 valence electrons. The van der Waals surface area contributed by atoms with Crippen LogP contribution in [0.25, 0.3) is 5.69 Å². The number of carbonyl (C=O) groups is 1. The third kappa shape index (κ3) is 4.92. The molecule has 0 atom stereocenters. The Hall–Kier alpha value is -3.30. The fraction of sp³-hybridized carbons (Fsp3) is 0.448. The summed E-state index contributed by atoms with van der Waals surface area (Å²) in [6, 6.07) is 14.5. The van der Waals surface area contributed by atoms with Gasteiger partial charge in [-0.05, 0) is 74.3 Å². The standard InChI is InChI=1S/C29H34N4O2/c1-5-29(35)14-12-28(19-30,13-15-29)27-11-6-22(17-31-27)16-26(34)25-18-32-33(21(25)4)24-9-7-23(8-10-24)20(2)3/h6-11,17-18,20,35H,5,12-16H2,1-4H3. The van der Waals surface area contributed by atoms with E-state index >= 15 is 0 Å². The van der Waals surface area contributed by atoms with Crippen molar-refractivity contribution < 1.29 is 9.90 Å². The number of rotatable bonds is 7. The lowest BCUT2D eigenvalue weighted by atomic mass is 9.67. The molecule has 1 fully saturated rings. The Morgan fingerprint density at radius 1 is 1.11 bits per heavy atom. The number of hydrogen-bond donors (Lipinski definition) is 1. The maximum atomic E-state index is 13.1. The number of aromatic nitrogens is 3. The summed E-state index contributed by atoms with van der Waals surface area (Å²) in [4.78, 5) is 17.7. The number of aliphatic hydroxyl groups is 1. The van der Waals surface area contributed by atoms with Gasteiger partial charge in [0.05, 0.1) is 45.9 Å². The van der Waals surface area contributed by atoms with Gasteiger partial charge < -0.3 is 5.11 Å². The van der Waals surface area contributed by atoms with Gasteiger partial charge in [-0.1, -0.05) is 39.0 Å². The van der Waals surface area contributed by atoms with E-state index in [9.17, 15) is 15.2 Å². The summed E-state index contributed by atoms with van der Waals surface area (Å²) >= 11 is 0. The number of carbonyl (C=O) groups excluding carboxylic acids is 1. The summed E-state index contributed by atoms with van der Waals surface area (Å²) in [7, 11) is 0. The highest BCUT2D eigenvalue weighted by Gasteiger charge is 2.43. The van der Waals surface area contributed by atoms with Crippen LogP contribution in [0.3, 0.4) is 0 Å². The molecule has 2 aromatic heterocycles. The highest BCUT2D eigenvalue weighted by molar-refractivity contribution is 5.98. The molecule has 0 radical (unpaired) electrons. The monoisotopic (exact) mass is 470 g/mol. The lowest BCUT2D eigenvalue weighted by Crippen LogP contribution is -2.40. The first-order valence-electron chi connectivity index (χ1n) is 12.5. The summed E-state index contributed by atoms with van der Waals surface area (Å²) in [5.41, 5.74) is 3.79. The maximum Gasteiger partial charge on any atom is 0.170 e. The quantitative estimate of drug-likeness (QED) is 0.454. The fourth-order valence-corrected chi connectivity index (χ4v) is 4.96. The van der Waals surface area contributed by atoms with Gasteiger partial charge in [0, 0.05) is 12.6 Å². The minimum absolute atomic E-state index is 0.0113. The summed E-state index contributed by atoms with van der Waals surface area (Å²) < 4.78 is 1.80. The van der Waals surface area contributed by atoms with Gasteiger partial charge in [0.15, 0.2) is 5.78 Å². The highest BCUT2D eigenvalue weighted by Crippen LogP contribution is 2.43. The lowest BCUT2D eigenvalue weighted by Gasteiger charge is -2.39. The topological polar surface area (TPSA) is 91.8 Å². The molecule has 1 N–H and O–H groups in total. The molecule has 0 bridgehead atoms. The molecule has 35 heavy (non-hydrogen) atoms. The van der Waals surface area contributed by atoms with Crippen LogP contribution >= 0.6 is 0 Å². The molecule has 1 aromatic carbocycles. The molecular weight excluding hydrogens is 436 g/mol. The third-order valence-corrected chi connectivity index (χ3v) is 7.70. The van der Waals surface area contributed by atoms with Crippen LogP contribution in [0.2, 0.25) is 0 Å². The van der Waals surface area contributed by atoms with Gasteiger partial charge in [-0.25, -0.2) is 4.68 Å². The average Bonchev–Trinajstić information content (AvgIpc) is 3.26. The molecule has 0 unspecified atom stereocenters. The number of nitriles is 1. The Morgan fingerprint density at radius 3 is 2.34 bits per heavy atom. The summed E-state index contributed by atoms with van der Waals surface area (Å²) in [5.74, 6) is 0.448. The van der Waals surface area contributed by atoms with Crippen LogP contribution in [-0.4, -0.2) is 31.3 Å². The van der Waals surface area contributed by atoms with Crippen LogP contribution in [0.5, 0.6) is 0 Å². The van der Waals surface area contributed by atoms with Gasteiger partial charge in [0.1, 0.15) is 0 Å². The molecule has 2 heterocycles. The van der Waals surface area contributed by atoms with Crippen molar-refractivity contribution in [3.63, 3.8) is 0 Å². The zero-order valence-electron chi connectivity index (χ0n) is 21.1. The van der Waals surface area contributed by atoms with E-state index in [-0.39, 0.29) is 12.2 Å². The van der Waals surface area contributed by atoms with E-state index in [2.05, 4.69) is 42.1 Å². The molecule has 0 spiro atoms. The first kappa shape index (κ1) is 24.8. The molecule has 0 saturated heterocycles. The van der Waals surface area contributed by atoms with Crippen molar-refractivity contribution in [1.29, 1.82) is 5.26 Å². The van der Waals surface area contributed by atoms with Crippen molar-refractivity contribution in [1.82, 2.24) is 14.8 Å². The minimum Gasteiger partial charge on any atom is -0.390 e. The lowest BCUT2D eigenvalue weighted by molar-refractivity contribution is -0.0125. The highest BCUT2D eigenvalue weighted by atomic mass is 16.3. The van der Waals surface area contributed by atoms with E-state index in [1.165, 1.54) is 5.56 Å². The molecule has 0 amide bonds. The summed E-state index contributed by atoms with van der Waals surface area (Å²) in [6.45, 7) is 8.22. The number of nitrogens with zero attached hydrogens (tertiary/aromatic N) is 4. The smallest absolute Gasteiger partial charge is 0.170 e. The number of hydrogen-bond acceptors (Lipinski definition) is 5. The minimum atomic E-state index is -0.675. The molecule has 3 aromatic rings. The average molecular weight is 471 g/mol. The van der Waals surface area contributed by atoms with E-state index in [0.717, 1.165) is 22.6 Å². The second-order valence-corrected chi connectivity index (χ2v) is 10.2. The number of ketones is 1. The van der Waals surface area contributed by atoms with E-state index in [1.807, 2.05) is 38.1 Å². The van der Waals surface area contributed by atoms with Gasteiger partial charge in [0.2, 0.25) is 0 Å². The van der Waals surface area contributed by atoms with E-state index in [4.69, 9.17) is 0 Å². The van der Waals surface area contributed by atoms with Crippen molar-refractivity contribution in [3.05, 3.63) is 76.9 Å². The van der Waals surface area contributed by atoms with E-state index in [1.54, 1.807) is 17.1 Å². The summed E-state index contributed by atoms with van der Waals surface area (Å²) in [5, 5.41) is 25.0. The van der Waals surface area contributed by atoms with E-state index in [0.29, 0.717) is 43.6 Å². The predicted octanol–water partition coefficient (Wildman–Crippen LogP) is 5.60. The molecule has 1 aliphatic carbocycles. The number of Topliss-reactive ketones (excluding diaryl/α,β-unsaturated/α-hetero) is 1. The molecule has 4 rings (SSSR count). The van der Waals surface area contributed by atoms with Crippen LogP contribution in [0, 0.1) is 18.3 Å². The second kappa shape index (κ2) is 9.75. The van der Waals surface area contributed by atoms with Gasteiger partial charge in [-0.2, -0.15) is 10.4 Å². The zero-order valence-corrected chi connectivity index (χ0v) is 21.1. The Kier molecular flexibility index (Phi) is 6.91. The van der Waals surface area contributed by atoms with Crippen LogP contribution < -0.4 is 0 Å². The molecule has 6 nitrogen and oxygen atoms in total. The van der Waals surface area contributed by atoms with Crippen molar-refractivity contribution in [2.75, 3.05) is 0 Å². The molecular formula is C29H34N4O2. The van der Waals surface area contributed by atoms with Gasteiger partial charge >= 0.3 is 0 Å².